The summed E-state index contributed by atoms with van der Waals surface area (Å²) in [5, 5.41) is 4.38. The number of amides is 3. The van der Waals surface area contributed by atoms with Gasteiger partial charge in [0, 0.05) is 6.20 Å². The summed E-state index contributed by atoms with van der Waals surface area (Å²) in [4.78, 5) is 38.4. The van der Waals surface area contributed by atoms with Crippen molar-refractivity contribution < 1.29 is 23.5 Å². The summed E-state index contributed by atoms with van der Waals surface area (Å²) in [6.45, 7) is -0.505. The van der Waals surface area contributed by atoms with E-state index < -0.39 is 24.5 Å². The first-order chi connectivity index (χ1) is 11.1. The first kappa shape index (κ1) is 16.5. The Hall–Kier alpha value is -2.87. The van der Waals surface area contributed by atoms with Gasteiger partial charge in [0.1, 0.15) is 10.9 Å². The van der Waals surface area contributed by atoms with Gasteiger partial charge < -0.3 is 14.5 Å². The summed E-state index contributed by atoms with van der Waals surface area (Å²) < 4.78 is 9.76. The maximum Gasteiger partial charge on any atom is 0.341 e. The molecule has 0 aliphatic carbocycles. The van der Waals surface area contributed by atoms with Gasteiger partial charge in [-0.15, -0.1) is 0 Å². The Balaban J connectivity index is 1.73. The van der Waals surface area contributed by atoms with Crippen molar-refractivity contribution >= 4 is 29.5 Å². The molecule has 0 aliphatic heterocycles. The quantitative estimate of drug-likeness (QED) is 0.632. The number of aromatic nitrogens is 1. The third-order valence-corrected chi connectivity index (χ3v) is 2.87. The highest BCUT2D eigenvalue weighted by Crippen LogP contribution is 2.12. The van der Waals surface area contributed by atoms with Crippen LogP contribution in [0.3, 0.4) is 0 Å². The van der Waals surface area contributed by atoms with Gasteiger partial charge in [-0.2, -0.15) is 0 Å². The van der Waals surface area contributed by atoms with E-state index in [1.54, 1.807) is 12.1 Å². The standard InChI is InChI=1S/C14H12ClN3O5/c15-12-10(4-1-5-16-12)13(20)23-8-11(19)18-14(21)17-7-9-3-2-6-22-9/h1-6H,7-8H2,(H2,17,18,19,21). The molecule has 8 nitrogen and oxygen atoms in total. The number of nitrogens with zero attached hydrogens (tertiary/aromatic N) is 1. The number of pyridine rings is 1. The fourth-order valence-electron chi connectivity index (χ4n) is 1.53. The van der Waals surface area contributed by atoms with Crippen LogP contribution in [0.2, 0.25) is 5.15 Å². The summed E-state index contributed by atoms with van der Waals surface area (Å²) in [7, 11) is 0. The number of ether oxygens (including phenoxy) is 1. The minimum atomic E-state index is -0.811. The first-order valence-electron chi connectivity index (χ1n) is 6.44. The molecule has 0 bridgehead atoms. The molecular formula is C14H12ClN3O5. The van der Waals surface area contributed by atoms with Gasteiger partial charge in [-0.1, -0.05) is 11.6 Å². The summed E-state index contributed by atoms with van der Waals surface area (Å²) in [5.41, 5.74) is 0.0317. The predicted molar refractivity (Wildman–Crippen MR) is 78.6 cm³/mol. The molecule has 2 aromatic rings. The van der Waals surface area contributed by atoms with Crippen molar-refractivity contribution in [1.82, 2.24) is 15.6 Å². The van der Waals surface area contributed by atoms with Crippen LogP contribution >= 0.6 is 11.6 Å². The molecule has 0 radical (unpaired) electrons. The number of carbonyl (C=O) groups excluding carboxylic acids is 3. The van der Waals surface area contributed by atoms with Crippen LogP contribution in [0.25, 0.3) is 0 Å². The topological polar surface area (TPSA) is 111 Å². The SMILES string of the molecule is O=C(COC(=O)c1cccnc1Cl)NC(=O)NCc1ccco1. The lowest BCUT2D eigenvalue weighted by Gasteiger charge is -2.07. The van der Waals surface area contributed by atoms with Crippen LogP contribution in [-0.4, -0.2) is 29.5 Å². The molecule has 0 aliphatic rings. The number of hydrogen-bond acceptors (Lipinski definition) is 6. The smallest absolute Gasteiger partial charge is 0.341 e. The number of carbonyl (C=O) groups is 3. The molecule has 0 unspecified atom stereocenters. The highest BCUT2D eigenvalue weighted by Gasteiger charge is 2.15. The Bertz CT molecular complexity index is 702. The van der Waals surface area contributed by atoms with Gasteiger partial charge in [0.15, 0.2) is 6.61 Å². The minimum Gasteiger partial charge on any atom is -0.467 e. The zero-order chi connectivity index (χ0) is 16.7. The molecule has 0 saturated carbocycles. The van der Waals surface area contributed by atoms with Crippen LogP contribution in [0.15, 0.2) is 41.1 Å². The molecule has 2 rings (SSSR count). The van der Waals surface area contributed by atoms with E-state index in [0.717, 1.165) is 0 Å². The maximum atomic E-state index is 11.7. The Morgan fingerprint density at radius 1 is 1.26 bits per heavy atom. The van der Waals surface area contributed by atoms with Crippen molar-refractivity contribution in [3.05, 3.63) is 53.2 Å². The Morgan fingerprint density at radius 2 is 2.09 bits per heavy atom. The second-order valence-corrected chi connectivity index (χ2v) is 4.59. The van der Waals surface area contributed by atoms with E-state index in [1.807, 2.05) is 5.32 Å². The van der Waals surface area contributed by atoms with Crippen molar-refractivity contribution in [2.75, 3.05) is 6.61 Å². The zero-order valence-electron chi connectivity index (χ0n) is 11.7. The lowest BCUT2D eigenvalue weighted by molar-refractivity contribution is -0.123. The minimum absolute atomic E-state index is 0.0317. The number of hydrogen-bond donors (Lipinski definition) is 2. The number of urea groups is 1. The van der Waals surface area contributed by atoms with Gasteiger partial charge in [-0.05, 0) is 24.3 Å². The van der Waals surface area contributed by atoms with Gasteiger partial charge in [0.25, 0.3) is 5.91 Å². The maximum absolute atomic E-state index is 11.7. The van der Waals surface area contributed by atoms with E-state index in [2.05, 4.69) is 10.3 Å². The average Bonchev–Trinajstić information content (AvgIpc) is 3.04. The number of rotatable bonds is 5. The number of halogens is 1. The number of esters is 1. The third kappa shape index (κ3) is 5.11. The largest absolute Gasteiger partial charge is 0.467 e. The van der Waals surface area contributed by atoms with Crippen molar-refractivity contribution in [2.24, 2.45) is 0 Å². The summed E-state index contributed by atoms with van der Waals surface area (Å²) in [6.07, 6.45) is 2.87. The normalized spacial score (nSPS) is 9.96. The molecule has 0 spiro atoms. The van der Waals surface area contributed by atoms with E-state index >= 15 is 0 Å². The lowest BCUT2D eigenvalue weighted by Crippen LogP contribution is -2.41. The van der Waals surface area contributed by atoms with Crippen LogP contribution in [0.1, 0.15) is 16.1 Å². The van der Waals surface area contributed by atoms with Gasteiger partial charge in [0.2, 0.25) is 0 Å². The zero-order valence-corrected chi connectivity index (χ0v) is 12.5. The molecule has 0 fully saturated rings. The van der Waals surface area contributed by atoms with Crippen LogP contribution in [0.5, 0.6) is 0 Å². The first-order valence-corrected chi connectivity index (χ1v) is 6.82. The van der Waals surface area contributed by atoms with Gasteiger partial charge in [-0.25, -0.2) is 14.6 Å². The van der Waals surface area contributed by atoms with Gasteiger partial charge in [0.05, 0.1) is 18.4 Å². The van der Waals surface area contributed by atoms with E-state index in [1.165, 1.54) is 24.6 Å². The molecule has 0 aromatic carbocycles. The van der Waals surface area contributed by atoms with Crippen molar-refractivity contribution in [2.45, 2.75) is 6.54 Å². The molecule has 2 aromatic heterocycles. The summed E-state index contributed by atoms with van der Waals surface area (Å²) >= 11 is 5.72. The Morgan fingerprint density at radius 3 is 2.78 bits per heavy atom. The van der Waals surface area contributed by atoms with E-state index in [9.17, 15) is 14.4 Å². The van der Waals surface area contributed by atoms with E-state index in [0.29, 0.717) is 5.76 Å². The molecule has 23 heavy (non-hydrogen) atoms. The highest BCUT2D eigenvalue weighted by atomic mass is 35.5. The molecule has 120 valence electrons. The third-order valence-electron chi connectivity index (χ3n) is 2.57. The molecule has 0 atom stereocenters. The van der Waals surface area contributed by atoms with Gasteiger partial charge >= 0.3 is 12.0 Å². The van der Waals surface area contributed by atoms with Crippen LogP contribution in [0, 0.1) is 0 Å². The highest BCUT2D eigenvalue weighted by molar-refractivity contribution is 6.32. The fourth-order valence-corrected chi connectivity index (χ4v) is 1.73. The summed E-state index contributed by atoms with van der Waals surface area (Å²) in [5.74, 6) is -1.06. The van der Waals surface area contributed by atoms with E-state index in [4.69, 9.17) is 20.8 Å². The van der Waals surface area contributed by atoms with Crippen molar-refractivity contribution in [3.63, 3.8) is 0 Å². The van der Waals surface area contributed by atoms with Crippen LogP contribution in [0.4, 0.5) is 4.79 Å². The molecule has 9 heteroatoms. The number of furan rings is 1. The van der Waals surface area contributed by atoms with Crippen molar-refractivity contribution in [3.8, 4) is 0 Å². The lowest BCUT2D eigenvalue weighted by atomic mass is 10.3. The van der Waals surface area contributed by atoms with Gasteiger partial charge in [-0.3, -0.25) is 10.1 Å². The molecule has 2 N–H and O–H groups in total. The van der Waals surface area contributed by atoms with Crippen LogP contribution < -0.4 is 10.6 Å². The number of imide groups is 1. The second kappa shape index (κ2) is 7.95. The summed E-state index contributed by atoms with van der Waals surface area (Å²) in [6, 6.07) is 5.52. The molecule has 3 amide bonds. The molecule has 2 heterocycles. The Kier molecular flexibility index (Phi) is 5.70. The Labute approximate surface area is 135 Å². The van der Waals surface area contributed by atoms with E-state index in [-0.39, 0.29) is 17.3 Å². The average molecular weight is 338 g/mol. The van der Waals surface area contributed by atoms with Crippen LogP contribution in [-0.2, 0) is 16.1 Å². The molecule has 0 saturated heterocycles. The second-order valence-electron chi connectivity index (χ2n) is 4.23. The molecular weight excluding hydrogens is 326 g/mol. The van der Waals surface area contributed by atoms with Crippen molar-refractivity contribution in [1.29, 1.82) is 0 Å². The fraction of sp³-hybridized carbons (Fsp3) is 0.143. The number of nitrogens with one attached hydrogen (secondary N) is 2. The monoisotopic (exact) mass is 337 g/mol. The predicted octanol–water partition coefficient (Wildman–Crippen LogP) is 1.51.